The minimum absolute atomic E-state index is 0.0880. The fourth-order valence-corrected chi connectivity index (χ4v) is 4.10. The van der Waals surface area contributed by atoms with Gasteiger partial charge in [-0.2, -0.15) is 0 Å². The van der Waals surface area contributed by atoms with Gasteiger partial charge in [-0.3, -0.25) is 14.5 Å². The first kappa shape index (κ1) is 20.9. The molecule has 0 aliphatic carbocycles. The molecule has 0 saturated carbocycles. The molecule has 2 amide bonds. The standard InChI is InChI=1S/C22H25N3O3S/c1-14(2)15-9-11-16(12-10-15)23-20(26)13-19-21(27)25(3)22(29-19)24-17-7-5-6-8-18(17)28-4/h5-12,14,19H,13H2,1-4H3,(H,23,26)/t19-/m1/s1. The van der Waals surface area contributed by atoms with Gasteiger partial charge in [0, 0.05) is 19.2 Å². The van der Waals surface area contributed by atoms with E-state index in [1.807, 2.05) is 48.5 Å². The number of carbonyl (C=O) groups is 2. The van der Waals surface area contributed by atoms with Crippen molar-refractivity contribution in [3.8, 4) is 5.75 Å². The van der Waals surface area contributed by atoms with Crippen LogP contribution in [0, 0.1) is 0 Å². The van der Waals surface area contributed by atoms with Gasteiger partial charge in [-0.15, -0.1) is 0 Å². The molecule has 1 atom stereocenters. The molecule has 1 fully saturated rings. The fourth-order valence-electron chi connectivity index (χ4n) is 2.95. The quantitative estimate of drug-likeness (QED) is 0.764. The number of benzene rings is 2. The number of thioether (sulfide) groups is 1. The normalized spacial score (nSPS) is 17.8. The second-order valence-electron chi connectivity index (χ2n) is 7.10. The van der Waals surface area contributed by atoms with Crippen molar-refractivity contribution < 1.29 is 14.3 Å². The smallest absolute Gasteiger partial charge is 0.242 e. The molecular weight excluding hydrogens is 386 g/mol. The van der Waals surface area contributed by atoms with Crippen molar-refractivity contribution in [1.82, 2.24) is 4.90 Å². The van der Waals surface area contributed by atoms with Crippen LogP contribution in [0.2, 0.25) is 0 Å². The van der Waals surface area contributed by atoms with Crippen molar-refractivity contribution in [2.24, 2.45) is 4.99 Å². The molecular formula is C22H25N3O3S. The van der Waals surface area contributed by atoms with Gasteiger partial charge in [-0.1, -0.05) is 49.9 Å². The van der Waals surface area contributed by atoms with Crippen LogP contribution < -0.4 is 10.1 Å². The molecule has 7 heteroatoms. The monoisotopic (exact) mass is 411 g/mol. The average molecular weight is 412 g/mol. The van der Waals surface area contributed by atoms with Crippen LogP contribution in [0.5, 0.6) is 5.75 Å². The van der Waals surface area contributed by atoms with E-state index in [9.17, 15) is 9.59 Å². The molecule has 0 aromatic heterocycles. The predicted octanol–water partition coefficient (Wildman–Crippen LogP) is 4.41. The van der Waals surface area contributed by atoms with E-state index >= 15 is 0 Å². The Morgan fingerprint density at radius 1 is 1.21 bits per heavy atom. The van der Waals surface area contributed by atoms with E-state index in [4.69, 9.17) is 4.74 Å². The van der Waals surface area contributed by atoms with E-state index in [1.165, 1.54) is 22.2 Å². The van der Waals surface area contributed by atoms with Crippen LogP contribution in [-0.2, 0) is 9.59 Å². The first-order valence-corrected chi connectivity index (χ1v) is 10.3. The first-order valence-electron chi connectivity index (χ1n) is 9.44. The highest BCUT2D eigenvalue weighted by Gasteiger charge is 2.37. The summed E-state index contributed by atoms with van der Waals surface area (Å²) in [6.45, 7) is 4.24. The van der Waals surface area contributed by atoms with E-state index in [-0.39, 0.29) is 18.2 Å². The van der Waals surface area contributed by atoms with Crippen LogP contribution in [0.25, 0.3) is 0 Å². The summed E-state index contributed by atoms with van der Waals surface area (Å²) in [5, 5.41) is 2.93. The SMILES string of the molecule is COc1ccccc1N=C1S[C@H](CC(=O)Nc2ccc(C(C)C)cc2)C(=O)N1C. The van der Waals surface area contributed by atoms with Gasteiger partial charge in [0.15, 0.2) is 5.17 Å². The van der Waals surface area contributed by atoms with Crippen LogP contribution in [-0.4, -0.2) is 41.3 Å². The summed E-state index contributed by atoms with van der Waals surface area (Å²) in [5.41, 5.74) is 2.59. The molecule has 1 saturated heterocycles. The third kappa shape index (κ3) is 4.98. The summed E-state index contributed by atoms with van der Waals surface area (Å²) in [7, 11) is 3.25. The van der Waals surface area contributed by atoms with Gasteiger partial charge in [0.1, 0.15) is 16.7 Å². The third-order valence-electron chi connectivity index (χ3n) is 4.67. The number of amides is 2. The lowest BCUT2D eigenvalue weighted by Crippen LogP contribution is -2.30. The summed E-state index contributed by atoms with van der Waals surface area (Å²) in [6.07, 6.45) is 0.0880. The Balaban J connectivity index is 1.66. The van der Waals surface area contributed by atoms with Gasteiger partial charge in [0.25, 0.3) is 0 Å². The summed E-state index contributed by atoms with van der Waals surface area (Å²) >= 11 is 1.30. The number of aliphatic imine (C=N–C) groups is 1. The summed E-state index contributed by atoms with van der Waals surface area (Å²) in [4.78, 5) is 31.1. The highest BCUT2D eigenvalue weighted by molar-refractivity contribution is 8.15. The number of ether oxygens (including phenoxy) is 1. The molecule has 1 heterocycles. The number of hydrogen-bond donors (Lipinski definition) is 1. The molecule has 1 N–H and O–H groups in total. The van der Waals surface area contributed by atoms with Crippen LogP contribution in [0.4, 0.5) is 11.4 Å². The van der Waals surface area contributed by atoms with Crippen molar-refractivity contribution in [1.29, 1.82) is 0 Å². The van der Waals surface area contributed by atoms with Crippen LogP contribution in [0.3, 0.4) is 0 Å². The highest BCUT2D eigenvalue weighted by Crippen LogP contribution is 2.34. The van der Waals surface area contributed by atoms with Gasteiger partial charge in [0.2, 0.25) is 11.8 Å². The zero-order valence-electron chi connectivity index (χ0n) is 17.0. The Bertz CT molecular complexity index is 925. The van der Waals surface area contributed by atoms with Crippen molar-refractivity contribution >= 4 is 40.1 Å². The molecule has 2 aromatic rings. The summed E-state index contributed by atoms with van der Waals surface area (Å²) in [6, 6.07) is 15.1. The van der Waals surface area contributed by atoms with Crippen molar-refractivity contribution in [3.05, 3.63) is 54.1 Å². The Morgan fingerprint density at radius 2 is 1.90 bits per heavy atom. The molecule has 0 spiro atoms. The van der Waals surface area contributed by atoms with Gasteiger partial charge in [0.05, 0.1) is 7.11 Å². The average Bonchev–Trinajstić information content (AvgIpc) is 2.96. The Hall–Kier alpha value is -2.80. The maximum absolute atomic E-state index is 12.6. The molecule has 0 bridgehead atoms. The van der Waals surface area contributed by atoms with Gasteiger partial charge in [-0.25, -0.2) is 4.99 Å². The number of para-hydroxylation sites is 2. The Morgan fingerprint density at radius 3 is 2.55 bits per heavy atom. The lowest BCUT2D eigenvalue weighted by atomic mass is 10.0. The lowest BCUT2D eigenvalue weighted by Gasteiger charge is -2.10. The summed E-state index contributed by atoms with van der Waals surface area (Å²) < 4.78 is 5.31. The number of hydrogen-bond acceptors (Lipinski definition) is 5. The molecule has 0 radical (unpaired) electrons. The van der Waals surface area contributed by atoms with Gasteiger partial charge in [-0.05, 0) is 35.7 Å². The van der Waals surface area contributed by atoms with Crippen LogP contribution in [0.15, 0.2) is 53.5 Å². The number of carbonyl (C=O) groups excluding carboxylic acids is 2. The number of nitrogens with zero attached hydrogens (tertiary/aromatic N) is 2. The van der Waals surface area contributed by atoms with E-state index < -0.39 is 5.25 Å². The molecule has 0 unspecified atom stereocenters. The fraction of sp³-hybridized carbons (Fsp3) is 0.318. The molecule has 1 aliphatic heterocycles. The molecule has 2 aromatic carbocycles. The molecule has 6 nitrogen and oxygen atoms in total. The summed E-state index contributed by atoms with van der Waals surface area (Å²) in [5.74, 6) is 0.741. The topological polar surface area (TPSA) is 71.0 Å². The number of anilines is 1. The zero-order valence-corrected chi connectivity index (χ0v) is 17.8. The highest BCUT2D eigenvalue weighted by atomic mass is 32.2. The van der Waals surface area contributed by atoms with E-state index in [0.717, 1.165) is 5.69 Å². The maximum atomic E-state index is 12.6. The van der Waals surface area contributed by atoms with Crippen molar-refractivity contribution in [3.63, 3.8) is 0 Å². The lowest BCUT2D eigenvalue weighted by molar-refractivity contribution is -0.127. The number of nitrogens with one attached hydrogen (secondary N) is 1. The van der Waals surface area contributed by atoms with E-state index in [2.05, 4.69) is 24.2 Å². The van der Waals surface area contributed by atoms with E-state index in [1.54, 1.807) is 14.2 Å². The van der Waals surface area contributed by atoms with Gasteiger partial charge >= 0.3 is 0 Å². The maximum Gasteiger partial charge on any atom is 0.242 e. The second-order valence-corrected chi connectivity index (χ2v) is 8.27. The largest absolute Gasteiger partial charge is 0.494 e. The molecule has 1 aliphatic rings. The first-order chi connectivity index (χ1) is 13.9. The second kappa shape index (κ2) is 9.13. The third-order valence-corrected chi connectivity index (χ3v) is 5.90. The Labute approximate surface area is 175 Å². The molecule has 152 valence electrons. The van der Waals surface area contributed by atoms with Gasteiger partial charge < -0.3 is 10.1 Å². The number of amidine groups is 1. The minimum atomic E-state index is -0.497. The van der Waals surface area contributed by atoms with Crippen LogP contribution >= 0.6 is 11.8 Å². The zero-order chi connectivity index (χ0) is 21.0. The van der Waals surface area contributed by atoms with Crippen molar-refractivity contribution in [2.75, 3.05) is 19.5 Å². The number of methoxy groups -OCH3 is 1. The Kier molecular flexibility index (Phi) is 6.59. The predicted molar refractivity (Wildman–Crippen MR) is 118 cm³/mol. The van der Waals surface area contributed by atoms with E-state index in [0.29, 0.717) is 22.5 Å². The van der Waals surface area contributed by atoms with Crippen LogP contribution in [0.1, 0.15) is 31.7 Å². The number of rotatable bonds is 6. The van der Waals surface area contributed by atoms with Crippen molar-refractivity contribution in [2.45, 2.75) is 31.4 Å². The molecule has 3 rings (SSSR count). The minimum Gasteiger partial charge on any atom is -0.494 e. The molecule has 29 heavy (non-hydrogen) atoms.